The lowest BCUT2D eigenvalue weighted by Crippen LogP contribution is -2.32. The summed E-state index contributed by atoms with van der Waals surface area (Å²) in [5, 5.41) is 4.66. The van der Waals surface area contributed by atoms with Gasteiger partial charge in [-0.25, -0.2) is 4.79 Å². The van der Waals surface area contributed by atoms with Crippen molar-refractivity contribution in [1.82, 2.24) is 15.5 Å². The van der Waals surface area contributed by atoms with Crippen LogP contribution in [0.15, 0.2) is 24.3 Å². The number of nitrogens with one attached hydrogen (secondary N) is 2. The minimum Gasteiger partial charge on any atom is -0.341 e. The molecule has 2 rings (SSSR count). The average molecular weight is 331 g/mol. The van der Waals surface area contributed by atoms with E-state index in [9.17, 15) is 14.4 Å². The van der Waals surface area contributed by atoms with Crippen LogP contribution in [-0.4, -0.2) is 35.8 Å². The Hall–Kier alpha value is -2.37. The third kappa shape index (κ3) is 4.57. The molecule has 4 amide bonds. The van der Waals surface area contributed by atoms with Crippen molar-refractivity contribution < 1.29 is 14.4 Å². The second kappa shape index (κ2) is 7.03. The zero-order chi connectivity index (χ0) is 17.9. The van der Waals surface area contributed by atoms with Gasteiger partial charge in [0, 0.05) is 20.0 Å². The first-order valence-corrected chi connectivity index (χ1v) is 8.11. The molecule has 0 saturated carbocycles. The molecule has 1 aromatic carbocycles. The third-order valence-electron chi connectivity index (χ3n) is 4.17. The lowest BCUT2D eigenvalue weighted by Gasteiger charge is -2.21. The lowest BCUT2D eigenvalue weighted by atomic mass is 9.87. The van der Waals surface area contributed by atoms with E-state index in [-0.39, 0.29) is 23.7 Å². The van der Waals surface area contributed by atoms with E-state index in [2.05, 4.69) is 43.5 Å². The second-order valence-electron chi connectivity index (χ2n) is 7.25. The quantitative estimate of drug-likeness (QED) is 0.809. The van der Waals surface area contributed by atoms with Crippen LogP contribution in [0.2, 0.25) is 0 Å². The highest BCUT2D eigenvalue weighted by atomic mass is 16.2. The fourth-order valence-electron chi connectivity index (χ4n) is 2.59. The van der Waals surface area contributed by atoms with Crippen LogP contribution in [0.25, 0.3) is 0 Å². The second-order valence-corrected chi connectivity index (χ2v) is 7.25. The van der Waals surface area contributed by atoms with Gasteiger partial charge in [-0.1, -0.05) is 45.0 Å². The maximum absolute atomic E-state index is 12.2. The van der Waals surface area contributed by atoms with E-state index in [1.54, 1.807) is 11.9 Å². The predicted octanol–water partition coefficient (Wildman–Crippen LogP) is 1.93. The van der Waals surface area contributed by atoms with E-state index in [1.807, 2.05) is 12.1 Å². The van der Waals surface area contributed by atoms with Crippen molar-refractivity contribution in [2.45, 2.75) is 51.6 Å². The first kappa shape index (κ1) is 18.0. The van der Waals surface area contributed by atoms with Crippen LogP contribution >= 0.6 is 0 Å². The summed E-state index contributed by atoms with van der Waals surface area (Å²) in [6.45, 7) is 7.01. The van der Waals surface area contributed by atoms with E-state index >= 15 is 0 Å². The van der Waals surface area contributed by atoms with Crippen molar-refractivity contribution in [3.8, 4) is 0 Å². The van der Waals surface area contributed by atoms with Gasteiger partial charge in [-0.3, -0.25) is 14.9 Å². The zero-order valence-corrected chi connectivity index (χ0v) is 14.7. The van der Waals surface area contributed by atoms with Crippen molar-refractivity contribution in [2.24, 2.45) is 0 Å². The SMILES string of the molecule is CN(Cc1ccc(C(C)(C)C)cc1)C(=O)CCC1NC(=O)NC1=O. The number of nitrogens with zero attached hydrogens (tertiary/aromatic N) is 1. The van der Waals surface area contributed by atoms with Crippen LogP contribution < -0.4 is 10.6 Å². The van der Waals surface area contributed by atoms with Gasteiger partial charge in [0.2, 0.25) is 5.91 Å². The Bertz CT molecular complexity index is 632. The number of urea groups is 1. The molecule has 0 radical (unpaired) electrons. The number of hydrogen-bond acceptors (Lipinski definition) is 3. The van der Waals surface area contributed by atoms with Gasteiger partial charge in [-0.15, -0.1) is 0 Å². The molecular weight excluding hydrogens is 306 g/mol. The molecule has 1 aromatic rings. The minimum absolute atomic E-state index is 0.0520. The van der Waals surface area contributed by atoms with Gasteiger partial charge >= 0.3 is 6.03 Å². The van der Waals surface area contributed by atoms with Crippen LogP contribution in [0, 0.1) is 0 Å². The highest BCUT2D eigenvalue weighted by Gasteiger charge is 2.29. The molecule has 6 heteroatoms. The number of rotatable bonds is 5. The first-order chi connectivity index (χ1) is 11.2. The molecule has 6 nitrogen and oxygen atoms in total. The molecule has 1 saturated heterocycles. The highest BCUT2D eigenvalue weighted by Crippen LogP contribution is 2.22. The normalized spacial score (nSPS) is 17.4. The molecule has 0 bridgehead atoms. The molecule has 1 atom stereocenters. The summed E-state index contributed by atoms with van der Waals surface area (Å²) < 4.78 is 0. The summed E-state index contributed by atoms with van der Waals surface area (Å²) in [6, 6.07) is 7.15. The molecule has 1 unspecified atom stereocenters. The Kier molecular flexibility index (Phi) is 5.26. The van der Waals surface area contributed by atoms with Crippen LogP contribution in [0.4, 0.5) is 4.79 Å². The zero-order valence-electron chi connectivity index (χ0n) is 14.7. The fraction of sp³-hybridized carbons (Fsp3) is 0.500. The average Bonchev–Trinajstić information content (AvgIpc) is 2.82. The fourth-order valence-corrected chi connectivity index (χ4v) is 2.59. The molecule has 1 heterocycles. The summed E-state index contributed by atoms with van der Waals surface area (Å²) >= 11 is 0. The Balaban J connectivity index is 1.85. The lowest BCUT2D eigenvalue weighted by molar-refractivity contribution is -0.130. The van der Waals surface area contributed by atoms with Crippen molar-refractivity contribution >= 4 is 17.8 Å². The molecule has 130 valence electrons. The van der Waals surface area contributed by atoms with E-state index in [0.717, 1.165) is 5.56 Å². The predicted molar refractivity (Wildman–Crippen MR) is 91.3 cm³/mol. The monoisotopic (exact) mass is 331 g/mol. The smallest absolute Gasteiger partial charge is 0.322 e. The standard InChI is InChI=1S/C18H25N3O3/c1-18(2,3)13-7-5-12(6-8-13)11-21(4)15(22)10-9-14-16(23)20-17(24)19-14/h5-8,14H,9-11H2,1-4H3,(H2,19,20,23,24). The molecule has 1 aliphatic heterocycles. The largest absolute Gasteiger partial charge is 0.341 e. The number of imide groups is 1. The maximum Gasteiger partial charge on any atom is 0.322 e. The van der Waals surface area contributed by atoms with Crippen molar-refractivity contribution in [3.63, 3.8) is 0 Å². The van der Waals surface area contributed by atoms with E-state index in [4.69, 9.17) is 0 Å². The summed E-state index contributed by atoms with van der Waals surface area (Å²) in [7, 11) is 1.74. The molecule has 1 aliphatic rings. The summed E-state index contributed by atoms with van der Waals surface area (Å²) in [5.41, 5.74) is 2.42. The van der Waals surface area contributed by atoms with Gasteiger partial charge in [0.25, 0.3) is 5.91 Å². The van der Waals surface area contributed by atoms with Crippen molar-refractivity contribution in [1.29, 1.82) is 0 Å². The number of carbonyl (C=O) groups is 3. The van der Waals surface area contributed by atoms with Crippen LogP contribution in [0.1, 0.15) is 44.7 Å². The topological polar surface area (TPSA) is 78.5 Å². The van der Waals surface area contributed by atoms with Crippen molar-refractivity contribution in [2.75, 3.05) is 7.05 Å². The van der Waals surface area contributed by atoms with E-state index in [1.165, 1.54) is 5.56 Å². The van der Waals surface area contributed by atoms with Crippen LogP contribution in [0.5, 0.6) is 0 Å². The number of amides is 4. The van der Waals surface area contributed by atoms with Crippen LogP contribution in [-0.2, 0) is 21.5 Å². The summed E-state index contributed by atoms with van der Waals surface area (Å²) in [6.07, 6.45) is 0.526. The number of carbonyl (C=O) groups excluding carboxylic acids is 3. The molecule has 2 N–H and O–H groups in total. The highest BCUT2D eigenvalue weighted by molar-refractivity contribution is 6.04. The van der Waals surface area contributed by atoms with Gasteiger partial charge < -0.3 is 10.2 Å². The molecule has 0 spiro atoms. The number of benzene rings is 1. The Morgan fingerprint density at radius 1 is 1.17 bits per heavy atom. The van der Waals surface area contributed by atoms with Crippen molar-refractivity contribution in [3.05, 3.63) is 35.4 Å². The molecule has 24 heavy (non-hydrogen) atoms. The maximum atomic E-state index is 12.2. The van der Waals surface area contributed by atoms with Gasteiger partial charge in [0.1, 0.15) is 6.04 Å². The Morgan fingerprint density at radius 3 is 2.29 bits per heavy atom. The number of hydrogen-bond donors (Lipinski definition) is 2. The molecule has 1 fully saturated rings. The van der Waals surface area contributed by atoms with E-state index < -0.39 is 12.1 Å². The van der Waals surface area contributed by atoms with Gasteiger partial charge in [0.15, 0.2) is 0 Å². The Morgan fingerprint density at radius 2 is 1.79 bits per heavy atom. The molecule has 0 aliphatic carbocycles. The van der Waals surface area contributed by atoms with Gasteiger partial charge in [-0.2, -0.15) is 0 Å². The van der Waals surface area contributed by atoms with Gasteiger partial charge in [-0.05, 0) is 23.0 Å². The molecule has 0 aromatic heterocycles. The third-order valence-corrected chi connectivity index (χ3v) is 4.17. The Labute approximate surface area is 142 Å². The summed E-state index contributed by atoms with van der Waals surface area (Å²) in [5.74, 6) is -0.419. The van der Waals surface area contributed by atoms with Gasteiger partial charge in [0.05, 0.1) is 0 Å². The van der Waals surface area contributed by atoms with E-state index in [0.29, 0.717) is 13.0 Å². The minimum atomic E-state index is -0.610. The summed E-state index contributed by atoms with van der Waals surface area (Å²) in [4.78, 5) is 36.3. The first-order valence-electron chi connectivity index (χ1n) is 8.11. The molecular formula is C18H25N3O3. The van der Waals surface area contributed by atoms with Crippen LogP contribution in [0.3, 0.4) is 0 Å².